The van der Waals surface area contributed by atoms with E-state index >= 15 is 0 Å². The quantitative estimate of drug-likeness (QED) is 0.209. The third-order valence-corrected chi connectivity index (χ3v) is 6.02. The van der Waals surface area contributed by atoms with Gasteiger partial charge < -0.3 is 5.11 Å². The number of hydrogen-bond acceptors (Lipinski definition) is 7. The van der Waals surface area contributed by atoms with Crippen molar-refractivity contribution in [3.63, 3.8) is 0 Å². The topological polar surface area (TPSA) is 105 Å². The number of amides is 1. The van der Waals surface area contributed by atoms with Crippen LogP contribution >= 0.6 is 23.4 Å². The highest BCUT2D eigenvalue weighted by Gasteiger charge is 2.17. The number of benzene rings is 2. The summed E-state index contributed by atoms with van der Waals surface area (Å²) in [6.07, 6.45) is 4.00. The van der Waals surface area contributed by atoms with E-state index in [1.807, 2.05) is 35.8 Å². The Kier molecular flexibility index (Phi) is 7.56. The molecule has 2 heterocycles. The molecular formula is C24H21ClN6O2S. The van der Waals surface area contributed by atoms with Crippen molar-refractivity contribution in [3.8, 4) is 22.8 Å². The standard InChI is InChI=1S/C24H21ClN6O2S/c1-2-21(16-3-9-20(32)10-4-16)27-28-22(33)15-34-24-30-29-23(17-11-13-26-14-12-17)31(24)19-7-5-18(25)6-8-19/h3-14,32H,2,15H2,1H3,(H,28,33)/b27-21-. The lowest BCUT2D eigenvalue weighted by atomic mass is 10.1. The molecule has 0 fully saturated rings. The van der Waals surface area contributed by atoms with Crippen LogP contribution in [0.15, 0.2) is 83.3 Å². The van der Waals surface area contributed by atoms with E-state index in [1.54, 1.807) is 48.8 Å². The summed E-state index contributed by atoms with van der Waals surface area (Å²) in [5.41, 5.74) is 5.82. The lowest BCUT2D eigenvalue weighted by Gasteiger charge is -2.10. The molecule has 4 aromatic rings. The van der Waals surface area contributed by atoms with Gasteiger partial charge in [-0.15, -0.1) is 10.2 Å². The fourth-order valence-corrected chi connectivity index (χ4v) is 4.04. The van der Waals surface area contributed by atoms with Gasteiger partial charge in [-0.1, -0.05) is 30.3 Å². The summed E-state index contributed by atoms with van der Waals surface area (Å²) in [6.45, 7) is 1.95. The second-order valence-electron chi connectivity index (χ2n) is 7.14. The number of phenols is 1. The third kappa shape index (κ3) is 5.62. The van der Waals surface area contributed by atoms with Crippen molar-refractivity contribution in [3.05, 3.63) is 83.6 Å². The van der Waals surface area contributed by atoms with Crippen LogP contribution < -0.4 is 5.43 Å². The van der Waals surface area contributed by atoms with Crippen LogP contribution in [0.2, 0.25) is 5.02 Å². The molecule has 0 aliphatic carbocycles. The number of aromatic hydroxyl groups is 1. The van der Waals surface area contributed by atoms with E-state index in [-0.39, 0.29) is 17.4 Å². The van der Waals surface area contributed by atoms with Crippen LogP contribution in [0.5, 0.6) is 5.75 Å². The maximum atomic E-state index is 12.5. The highest BCUT2D eigenvalue weighted by molar-refractivity contribution is 7.99. The summed E-state index contributed by atoms with van der Waals surface area (Å²) in [7, 11) is 0. The summed E-state index contributed by atoms with van der Waals surface area (Å²) in [5.74, 6) is 0.630. The van der Waals surface area contributed by atoms with E-state index < -0.39 is 0 Å². The molecule has 8 nitrogen and oxygen atoms in total. The van der Waals surface area contributed by atoms with Crippen molar-refractivity contribution in [1.29, 1.82) is 0 Å². The zero-order valence-corrected chi connectivity index (χ0v) is 19.8. The highest BCUT2D eigenvalue weighted by atomic mass is 35.5. The summed E-state index contributed by atoms with van der Waals surface area (Å²) in [6, 6.07) is 17.7. The predicted molar refractivity (Wildman–Crippen MR) is 133 cm³/mol. The SMILES string of the molecule is CC/C(=N/NC(=O)CSc1nnc(-c2ccncc2)n1-c1ccc(Cl)cc1)c1ccc(O)cc1. The average Bonchev–Trinajstić information content (AvgIpc) is 3.29. The lowest BCUT2D eigenvalue weighted by Crippen LogP contribution is -2.22. The zero-order chi connectivity index (χ0) is 23.9. The number of carbonyl (C=O) groups excluding carboxylic acids is 1. The first-order valence-corrected chi connectivity index (χ1v) is 11.8. The van der Waals surface area contributed by atoms with Gasteiger partial charge in [-0.05, 0) is 72.6 Å². The Balaban J connectivity index is 1.52. The van der Waals surface area contributed by atoms with Crippen molar-refractivity contribution < 1.29 is 9.90 Å². The molecule has 0 bridgehead atoms. The number of phenolic OH excluding ortho intramolecular Hbond substituents is 1. The van der Waals surface area contributed by atoms with Gasteiger partial charge in [0.2, 0.25) is 0 Å². The Hall–Kier alpha value is -3.69. The molecule has 0 radical (unpaired) electrons. The fourth-order valence-electron chi connectivity index (χ4n) is 3.17. The second kappa shape index (κ2) is 11.0. The second-order valence-corrected chi connectivity index (χ2v) is 8.52. The lowest BCUT2D eigenvalue weighted by molar-refractivity contribution is -0.118. The molecule has 4 rings (SSSR count). The molecule has 0 spiro atoms. The minimum atomic E-state index is -0.272. The van der Waals surface area contributed by atoms with Crippen LogP contribution in [0, 0.1) is 0 Å². The normalized spacial score (nSPS) is 11.4. The first kappa shape index (κ1) is 23.5. The van der Waals surface area contributed by atoms with Gasteiger partial charge in [0.1, 0.15) is 5.75 Å². The molecule has 34 heavy (non-hydrogen) atoms. The molecule has 2 aromatic heterocycles. The monoisotopic (exact) mass is 492 g/mol. The Bertz CT molecular complexity index is 1290. The van der Waals surface area contributed by atoms with Crippen molar-refractivity contribution >= 4 is 35.0 Å². The summed E-state index contributed by atoms with van der Waals surface area (Å²) < 4.78 is 1.88. The van der Waals surface area contributed by atoms with Gasteiger partial charge in [-0.25, -0.2) is 5.43 Å². The Morgan fingerprint density at radius 1 is 1.06 bits per heavy atom. The Labute approximate surface area is 205 Å². The van der Waals surface area contributed by atoms with Crippen molar-refractivity contribution in [2.75, 3.05) is 5.75 Å². The predicted octanol–water partition coefficient (Wildman–Crippen LogP) is 4.71. The maximum absolute atomic E-state index is 12.5. The largest absolute Gasteiger partial charge is 0.508 e. The molecule has 0 aliphatic rings. The van der Waals surface area contributed by atoms with E-state index in [4.69, 9.17) is 11.6 Å². The number of thioether (sulfide) groups is 1. The van der Waals surface area contributed by atoms with Gasteiger partial charge >= 0.3 is 0 Å². The van der Waals surface area contributed by atoms with Gasteiger partial charge in [0.15, 0.2) is 11.0 Å². The van der Waals surface area contributed by atoms with Crippen molar-refractivity contribution in [1.82, 2.24) is 25.2 Å². The number of rotatable bonds is 8. The number of halogens is 1. The molecule has 10 heteroatoms. The number of hydrazone groups is 1. The molecule has 0 unspecified atom stereocenters. The first-order valence-electron chi connectivity index (χ1n) is 10.4. The van der Waals surface area contributed by atoms with Crippen LogP contribution in [0.4, 0.5) is 0 Å². The van der Waals surface area contributed by atoms with E-state index in [0.717, 1.165) is 16.8 Å². The number of pyridine rings is 1. The zero-order valence-electron chi connectivity index (χ0n) is 18.2. The van der Waals surface area contributed by atoms with Gasteiger partial charge in [0.25, 0.3) is 5.91 Å². The van der Waals surface area contributed by atoms with Gasteiger partial charge in [0, 0.05) is 28.7 Å². The Morgan fingerprint density at radius 2 is 1.76 bits per heavy atom. The molecule has 2 aromatic carbocycles. The van der Waals surface area contributed by atoms with Crippen LogP contribution in [-0.2, 0) is 4.79 Å². The van der Waals surface area contributed by atoms with Crippen molar-refractivity contribution in [2.45, 2.75) is 18.5 Å². The molecule has 2 N–H and O–H groups in total. The van der Waals surface area contributed by atoms with Crippen LogP contribution in [0.1, 0.15) is 18.9 Å². The maximum Gasteiger partial charge on any atom is 0.250 e. The molecule has 172 valence electrons. The van der Waals surface area contributed by atoms with Crippen LogP contribution in [0.3, 0.4) is 0 Å². The minimum absolute atomic E-state index is 0.0954. The van der Waals surface area contributed by atoms with E-state index in [9.17, 15) is 9.90 Å². The van der Waals surface area contributed by atoms with E-state index in [0.29, 0.717) is 28.1 Å². The molecule has 0 saturated carbocycles. The molecule has 0 aliphatic heterocycles. The minimum Gasteiger partial charge on any atom is -0.508 e. The number of carbonyl (C=O) groups is 1. The number of aromatic nitrogens is 4. The first-order chi connectivity index (χ1) is 16.5. The molecule has 1 amide bonds. The summed E-state index contributed by atoms with van der Waals surface area (Å²) in [4.78, 5) is 16.6. The summed E-state index contributed by atoms with van der Waals surface area (Å²) >= 11 is 7.32. The third-order valence-electron chi connectivity index (χ3n) is 4.84. The van der Waals surface area contributed by atoms with Gasteiger partial charge in [0.05, 0.1) is 11.5 Å². The number of nitrogens with zero attached hydrogens (tertiary/aromatic N) is 5. The molecular weight excluding hydrogens is 472 g/mol. The van der Waals surface area contributed by atoms with Gasteiger partial charge in [-0.2, -0.15) is 5.10 Å². The highest BCUT2D eigenvalue weighted by Crippen LogP contribution is 2.28. The molecule has 0 atom stereocenters. The average molecular weight is 493 g/mol. The van der Waals surface area contributed by atoms with Crippen LogP contribution in [0.25, 0.3) is 17.1 Å². The smallest absolute Gasteiger partial charge is 0.250 e. The molecule has 0 saturated heterocycles. The van der Waals surface area contributed by atoms with E-state index in [1.165, 1.54) is 11.8 Å². The van der Waals surface area contributed by atoms with Crippen molar-refractivity contribution in [2.24, 2.45) is 5.10 Å². The summed E-state index contributed by atoms with van der Waals surface area (Å²) in [5, 5.41) is 23.6. The number of hydrogen-bond donors (Lipinski definition) is 2. The fraction of sp³-hybridized carbons (Fsp3) is 0.125. The Morgan fingerprint density at radius 3 is 2.44 bits per heavy atom. The number of nitrogens with one attached hydrogen (secondary N) is 1. The van der Waals surface area contributed by atoms with Crippen LogP contribution in [-0.4, -0.2) is 42.2 Å². The van der Waals surface area contributed by atoms with Gasteiger partial charge in [-0.3, -0.25) is 14.3 Å². The van der Waals surface area contributed by atoms with E-state index in [2.05, 4.69) is 25.7 Å².